The van der Waals surface area contributed by atoms with Crippen LogP contribution in [0.25, 0.3) is 0 Å². The van der Waals surface area contributed by atoms with Crippen molar-refractivity contribution in [2.45, 2.75) is 39.2 Å². The van der Waals surface area contributed by atoms with E-state index in [0.717, 1.165) is 39.5 Å². The standard InChI is InChI=1S/C15H21Br2NO/c1-4-10(3)9-19-15-13(16)7-11(8-14(15)17)6-12(18)5-2/h7-8,12H,3-6,9,18H2,1-2H3. The van der Waals surface area contributed by atoms with Crippen molar-refractivity contribution in [2.24, 2.45) is 5.73 Å². The van der Waals surface area contributed by atoms with Gasteiger partial charge in [-0.1, -0.05) is 20.4 Å². The summed E-state index contributed by atoms with van der Waals surface area (Å²) in [6.45, 7) is 8.66. The molecule has 0 bridgehead atoms. The Morgan fingerprint density at radius 1 is 1.32 bits per heavy atom. The zero-order chi connectivity index (χ0) is 14.4. The fraction of sp³-hybridized carbons (Fsp3) is 0.467. The molecule has 1 unspecified atom stereocenters. The van der Waals surface area contributed by atoms with Gasteiger partial charge in [0.25, 0.3) is 0 Å². The van der Waals surface area contributed by atoms with E-state index in [1.54, 1.807) is 0 Å². The molecule has 0 saturated carbocycles. The van der Waals surface area contributed by atoms with E-state index in [-0.39, 0.29) is 6.04 Å². The van der Waals surface area contributed by atoms with Crippen molar-refractivity contribution in [3.8, 4) is 5.75 Å². The monoisotopic (exact) mass is 389 g/mol. The first-order chi connectivity index (χ1) is 8.97. The van der Waals surface area contributed by atoms with Crippen LogP contribution in [0, 0.1) is 0 Å². The highest BCUT2D eigenvalue weighted by Gasteiger charge is 2.11. The second-order valence-electron chi connectivity index (χ2n) is 4.65. The molecular weight excluding hydrogens is 370 g/mol. The minimum Gasteiger partial charge on any atom is -0.487 e. The largest absolute Gasteiger partial charge is 0.487 e. The van der Waals surface area contributed by atoms with E-state index >= 15 is 0 Å². The fourth-order valence-electron chi connectivity index (χ4n) is 1.59. The summed E-state index contributed by atoms with van der Waals surface area (Å²) in [5.74, 6) is 0.823. The number of ether oxygens (including phenoxy) is 1. The predicted octanol–water partition coefficient (Wildman–Crippen LogP) is 4.84. The minimum atomic E-state index is 0.199. The molecule has 2 N–H and O–H groups in total. The highest BCUT2D eigenvalue weighted by Crippen LogP contribution is 2.35. The summed E-state index contributed by atoms with van der Waals surface area (Å²) in [5.41, 5.74) is 8.27. The SMILES string of the molecule is C=C(CC)COc1c(Br)cc(CC(N)CC)cc1Br. The molecular formula is C15H21Br2NO. The van der Waals surface area contributed by atoms with E-state index in [2.05, 4.69) is 64.4 Å². The predicted molar refractivity (Wildman–Crippen MR) is 88.7 cm³/mol. The van der Waals surface area contributed by atoms with Gasteiger partial charge in [0.05, 0.1) is 8.95 Å². The summed E-state index contributed by atoms with van der Waals surface area (Å²) in [6, 6.07) is 4.35. The Hall–Kier alpha value is -0.320. The lowest BCUT2D eigenvalue weighted by Crippen LogP contribution is -2.21. The highest BCUT2D eigenvalue weighted by molar-refractivity contribution is 9.11. The van der Waals surface area contributed by atoms with Gasteiger partial charge in [0, 0.05) is 6.04 Å². The van der Waals surface area contributed by atoms with Gasteiger partial charge in [-0.25, -0.2) is 0 Å². The molecule has 4 heteroatoms. The Labute approximate surface area is 132 Å². The molecule has 19 heavy (non-hydrogen) atoms. The van der Waals surface area contributed by atoms with Crippen LogP contribution in [0.4, 0.5) is 0 Å². The summed E-state index contributed by atoms with van der Waals surface area (Å²) in [6.07, 6.45) is 2.78. The van der Waals surface area contributed by atoms with Gasteiger partial charge in [-0.3, -0.25) is 0 Å². The van der Waals surface area contributed by atoms with Crippen LogP contribution in [-0.4, -0.2) is 12.6 Å². The van der Waals surface area contributed by atoms with Gasteiger partial charge in [-0.2, -0.15) is 0 Å². The molecule has 0 aliphatic carbocycles. The molecule has 0 aromatic heterocycles. The average Bonchev–Trinajstić information content (AvgIpc) is 2.37. The average molecular weight is 391 g/mol. The van der Waals surface area contributed by atoms with Crippen LogP contribution in [0.1, 0.15) is 32.3 Å². The summed E-state index contributed by atoms with van der Waals surface area (Å²) in [4.78, 5) is 0. The first-order valence-corrected chi connectivity index (χ1v) is 8.09. The van der Waals surface area contributed by atoms with E-state index < -0.39 is 0 Å². The molecule has 1 atom stereocenters. The number of hydrogen-bond acceptors (Lipinski definition) is 2. The van der Waals surface area contributed by atoms with Gasteiger partial charge in [0.15, 0.2) is 0 Å². The molecule has 1 rings (SSSR count). The van der Waals surface area contributed by atoms with Crippen LogP contribution in [0.15, 0.2) is 33.2 Å². The molecule has 0 aliphatic heterocycles. The quantitative estimate of drug-likeness (QED) is 0.676. The van der Waals surface area contributed by atoms with Crippen LogP contribution in [-0.2, 0) is 6.42 Å². The maximum absolute atomic E-state index is 5.99. The normalized spacial score (nSPS) is 12.3. The van der Waals surface area contributed by atoms with Crippen molar-refractivity contribution in [1.82, 2.24) is 0 Å². The molecule has 0 heterocycles. The second kappa shape index (κ2) is 8.08. The number of rotatable bonds is 7. The Balaban J connectivity index is 2.82. The van der Waals surface area contributed by atoms with Crippen LogP contribution < -0.4 is 10.5 Å². The lowest BCUT2D eigenvalue weighted by molar-refractivity contribution is 0.344. The molecule has 0 aliphatic rings. The van der Waals surface area contributed by atoms with E-state index in [1.165, 1.54) is 5.56 Å². The molecule has 0 spiro atoms. The van der Waals surface area contributed by atoms with Gasteiger partial charge in [0.2, 0.25) is 0 Å². The Morgan fingerprint density at radius 3 is 2.37 bits per heavy atom. The smallest absolute Gasteiger partial charge is 0.148 e. The number of benzene rings is 1. The van der Waals surface area contributed by atoms with Crippen LogP contribution in [0.5, 0.6) is 5.75 Å². The third-order valence-corrected chi connectivity index (χ3v) is 4.18. The molecule has 1 aromatic rings. The Bertz CT molecular complexity index is 423. The van der Waals surface area contributed by atoms with Crippen molar-refractivity contribution in [3.05, 3.63) is 38.8 Å². The van der Waals surface area contributed by atoms with E-state index in [1.807, 2.05) is 0 Å². The zero-order valence-corrected chi connectivity index (χ0v) is 14.7. The molecule has 0 amide bonds. The number of nitrogens with two attached hydrogens (primary N) is 1. The summed E-state index contributed by atoms with van der Waals surface area (Å²) < 4.78 is 7.68. The maximum Gasteiger partial charge on any atom is 0.148 e. The molecule has 0 saturated heterocycles. The van der Waals surface area contributed by atoms with Crippen LogP contribution in [0.2, 0.25) is 0 Å². The lowest BCUT2D eigenvalue weighted by atomic mass is 10.0. The molecule has 0 fully saturated rings. The summed E-state index contributed by atoms with van der Waals surface area (Å²) >= 11 is 7.11. The van der Waals surface area contributed by atoms with E-state index in [0.29, 0.717) is 6.61 Å². The Morgan fingerprint density at radius 2 is 1.89 bits per heavy atom. The third-order valence-electron chi connectivity index (χ3n) is 3.00. The van der Waals surface area contributed by atoms with Gasteiger partial charge >= 0.3 is 0 Å². The van der Waals surface area contributed by atoms with Gasteiger partial charge in [-0.05, 0) is 74.4 Å². The first-order valence-electron chi connectivity index (χ1n) is 6.50. The highest BCUT2D eigenvalue weighted by atomic mass is 79.9. The fourth-order valence-corrected chi connectivity index (χ4v) is 3.10. The van der Waals surface area contributed by atoms with Crippen molar-refractivity contribution in [1.29, 1.82) is 0 Å². The molecule has 0 radical (unpaired) electrons. The third kappa shape index (κ3) is 5.28. The number of halogens is 2. The molecule has 1 aromatic carbocycles. The van der Waals surface area contributed by atoms with Crippen LogP contribution in [0.3, 0.4) is 0 Å². The van der Waals surface area contributed by atoms with Crippen molar-refractivity contribution < 1.29 is 4.74 Å². The Kier molecular flexibility index (Phi) is 7.11. The second-order valence-corrected chi connectivity index (χ2v) is 6.36. The minimum absolute atomic E-state index is 0.199. The maximum atomic E-state index is 5.99. The van der Waals surface area contributed by atoms with Gasteiger partial charge < -0.3 is 10.5 Å². The van der Waals surface area contributed by atoms with Crippen LogP contribution >= 0.6 is 31.9 Å². The molecule has 2 nitrogen and oxygen atoms in total. The van der Waals surface area contributed by atoms with Crippen molar-refractivity contribution >= 4 is 31.9 Å². The van der Waals surface area contributed by atoms with Gasteiger partial charge in [-0.15, -0.1) is 0 Å². The first kappa shape index (κ1) is 16.7. The van der Waals surface area contributed by atoms with Gasteiger partial charge in [0.1, 0.15) is 12.4 Å². The number of hydrogen-bond donors (Lipinski definition) is 1. The topological polar surface area (TPSA) is 35.2 Å². The van der Waals surface area contributed by atoms with E-state index in [4.69, 9.17) is 10.5 Å². The lowest BCUT2D eigenvalue weighted by Gasteiger charge is -2.14. The summed E-state index contributed by atoms with van der Waals surface area (Å²) in [7, 11) is 0. The molecule has 106 valence electrons. The van der Waals surface area contributed by atoms with Crippen molar-refractivity contribution in [2.75, 3.05) is 6.61 Å². The van der Waals surface area contributed by atoms with Crippen molar-refractivity contribution in [3.63, 3.8) is 0 Å². The van der Waals surface area contributed by atoms with E-state index in [9.17, 15) is 0 Å². The summed E-state index contributed by atoms with van der Waals surface area (Å²) in [5, 5.41) is 0. The zero-order valence-electron chi connectivity index (χ0n) is 11.5.